The monoisotopic (exact) mass is 417 g/mol. The molecule has 154 valence electrons. The Labute approximate surface area is 173 Å². The highest BCUT2D eigenvalue weighted by Gasteiger charge is 2.29. The molecule has 4 rings (SSSR count). The van der Waals surface area contributed by atoms with E-state index in [4.69, 9.17) is 26.4 Å². The lowest BCUT2D eigenvalue weighted by atomic mass is 10.2. The van der Waals surface area contributed by atoms with E-state index in [1.807, 2.05) is 12.1 Å². The van der Waals surface area contributed by atoms with E-state index < -0.39 is 0 Å². The Morgan fingerprint density at radius 1 is 1.17 bits per heavy atom. The van der Waals surface area contributed by atoms with Gasteiger partial charge in [-0.05, 0) is 18.3 Å². The van der Waals surface area contributed by atoms with Crippen LogP contribution in [0.1, 0.15) is 6.42 Å². The van der Waals surface area contributed by atoms with E-state index in [2.05, 4.69) is 25.1 Å². The van der Waals surface area contributed by atoms with Crippen LogP contribution in [-0.2, 0) is 9.53 Å². The molecule has 1 atom stereocenters. The number of rotatable bonds is 4. The molecule has 0 spiro atoms. The van der Waals surface area contributed by atoms with Gasteiger partial charge in [-0.15, -0.1) is 0 Å². The summed E-state index contributed by atoms with van der Waals surface area (Å²) in [5.74, 6) is 1.90. The molecule has 2 aliphatic heterocycles. The van der Waals surface area contributed by atoms with Crippen LogP contribution in [0.4, 0.5) is 5.82 Å². The first-order chi connectivity index (χ1) is 14.1. The van der Waals surface area contributed by atoms with E-state index in [0.717, 1.165) is 42.9 Å². The number of cyclic esters (lactones) is 1. The van der Waals surface area contributed by atoms with Gasteiger partial charge in [0.1, 0.15) is 18.2 Å². The van der Waals surface area contributed by atoms with Crippen molar-refractivity contribution in [2.75, 3.05) is 51.9 Å². The number of benzene rings is 1. The molecule has 0 bridgehead atoms. The fourth-order valence-electron chi connectivity index (χ4n) is 3.61. The molecule has 0 radical (unpaired) electrons. The van der Waals surface area contributed by atoms with Crippen molar-refractivity contribution in [3.05, 3.63) is 18.5 Å². The van der Waals surface area contributed by atoms with Gasteiger partial charge in [0.2, 0.25) is 0 Å². The zero-order valence-electron chi connectivity index (χ0n) is 16.4. The third-order valence-electron chi connectivity index (χ3n) is 5.22. The average molecular weight is 417 g/mol. The minimum Gasteiger partial charge on any atom is -0.493 e. The van der Waals surface area contributed by atoms with E-state index in [9.17, 15) is 4.79 Å². The number of esters is 1. The van der Waals surface area contributed by atoms with Crippen molar-refractivity contribution in [3.63, 3.8) is 0 Å². The van der Waals surface area contributed by atoms with E-state index >= 15 is 0 Å². The molecule has 0 saturated carbocycles. The molecule has 1 N–H and O–H groups in total. The van der Waals surface area contributed by atoms with Crippen LogP contribution in [0.2, 0.25) is 0 Å². The summed E-state index contributed by atoms with van der Waals surface area (Å²) in [4.78, 5) is 24.8. The van der Waals surface area contributed by atoms with E-state index in [1.165, 1.54) is 0 Å². The number of anilines is 1. The fourth-order valence-corrected chi connectivity index (χ4v) is 3.93. The number of carbonyl (C=O) groups excluding carboxylic acids is 1. The predicted octanol–water partition coefficient (Wildman–Crippen LogP) is 0.959. The summed E-state index contributed by atoms with van der Waals surface area (Å²) in [6, 6.07) is 3.43. The fraction of sp³-hybridized carbons (Fsp3) is 0.474. The van der Waals surface area contributed by atoms with E-state index in [0.29, 0.717) is 29.6 Å². The number of piperazine rings is 1. The van der Waals surface area contributed by atoms with Gasteiger partial charge in [0, 0.05) is 44.1 Å². The van der Waals surface area contributed by atoms with Crippen molar-refractivity contribution in [1.82, 2.24) is 20.2 Å². The number of aromatic nitrogens is 2. The third-order valence-corrected chi connectivity index (χ3v) is 5.60. The lowest BCUT2D eigenvalue weighted by molar-refractivity contribution is -0.139. The number of hydrogen-bond acceptors (Lipinski definition) is 8. The van der Waals surface area contributed by atoms with Crippen molar-refractivity contribution in [2.24, 2.45) is 0 Å². The Hall–Kier alpha value is -2.88. The standard InChI is InChI=1S/C19H23N5O4S/c1-26-15-9-12-14(10-16(15)27-2)20-11-21-17(12)23-4-6-24(7-5-23)19(29)22-13-3-8-28-18(13)25/h9-11,13H,3-8H2,1-2H3,(H,22,29). The van der Waals surface area contributed by atoms with Gasteiger partial charge in [0.15, 0.2) is 16.6 Å². The van der Waals surface area contributed by atoms with Gasteiger partial charge < -0.3 is 29.3 Å². The lowest BCUT2D eigenvalue weighted by Crippen LogP contribution is -2.54. The zero-order valence-corrected chi connectivity index (χ0v) is 17.2. The number of thiocarbonyl (C=S) groups is 1. The smallest absolute Gasteiger partial charge is 0.328 e. The van der Waals surface area contributed by atoms with Crippen LogP contribution in [0.3, 0.4) is 0 Å². The van der Waals surface area contributed by atoms with Crippen molar-refractivity contribution < 1.29 is 19.0 Å². The molecule has 2 aliphatic rings. The Balaban J connectivity index is 1.47. The van der Waals surface area contributed by atoms with Crippen molar-refractivity contribution in [2.45, 2.75) is 12.5 Å². The molecule has 2 saturated heterocycles. The van der Waals surface area contributed by atoms with E-state index in [-0.39, 0.29) is 12.0 Å². The van der Waals surface area contributed by atoms with Crippen molar-refractivity contribution in [1.29, 1.82) is 0 Å². The normalized spacial score (nSPS) is 19.2. The van der Waals surface area contributed by atoms with Gasteiger partial charge in [0.25, 0.3) is 0 Å². The second-order valence-electron chi connectivity index (χ2n) is 6.85. The summed E-state index contributed by atoms with van der Waals surface area (Å²) in [7, 11) is 3.22. The Morgan fingerprint density at radius 2 is 1.90 bits per heavy atom. The van der Waals surface area contributed by atoms with Gasteiger partial charge in [-0.25, -0.2) is 14.8 Å². The molecule has 0 aliphatic carbocycles. The summed E-state index contributed by atoms with van der Waals surface area (Å²) in [5, 5.41) is 4.62. The molecule has 3 heterocycles. The Bertz CT molecular complexity index is 932. The summed E-state index contributed by atoms with van der Waals surface area (Å²) in [6.07, 6.45) is 2.21. The largest absolute Gasteiger partial charge is 0.493 e. The zero-order chi connectivity index (χ0) is 20.4. The Kier molecular flexibility index (Phi) is 5.52. The number of nitrogens with zero attached hydrogens (tertiary/aromatic N) is 4. The van der Waals surface area contributed by atoms with Gasteiger partial charge in [0.05, 0.1) is 26.3 Å². The predicted molar refractivity (Wildman–Crippen MR) is 112 cm³/mol. The number of nitrogens with one attached hydrogen (secondary N) is 1. The van der Waals surface area contributed by atoms with Crippen LogP contribution in [-0.4, -0.2) is 79.0 Å². The molecule has 9 nitrogen and oxygen atoms in total. The molecule has 1 aromatic heterocycles. The summed E-state index contributed by atoms with van der Waals surface area (Å²) >= 11 is 5.49. The molecule has 2 fully saturated rings. The van der Waals surface area contributed by atoms with Crippen molar-refractivity contribution in [3.8, 4) is 11.5 Å². The SMILES string of the molecule is COc1cc2ncnc(N3CCN(C(=S)NC4CCOC4=O)CC3)c2cc1OC. The molecular weight excluding hydrogens is 394 g/mol. The molecule has 0 amide bonds. The summed E-state index contributed by atoms with van der Waals surface area (Å²) in [5.41, 5.74) is 0.798. The summed E-state index contributed by atoms with van der Waals surface area (Å²) < 4.78 is 15.8. The quantitative estimate of drug-likeness (QED) is 0.573. The minimum absolute atomic E-state index is 0.234. The minimum atomic E-state index is -0.339. The Morgan fingerprint density at radius 3 is 2.55 bits per heavy atom. The highest BCUT2D eigenvalue weighted by molar-refractivity contribution is 7.80. The first-order valence-electron chi connectivity index (χ1n) is 9.44. The summed E-state index contributed by atoms with van der Waals surface area (Å²) in [6.45, 7) is 3.40. The molecule has 10 heteroatoms. The first kappa shape index (κ1) is 19.4. The maximum Gasteiger partial charge on any atom is 0.328 e. The number of methoxy groups -OCH3 is 2. The lowest BCUT2D eigenvalue weighted by Gasteiger charge is -2.37. The van der Waals surface area contributed by atoms with Crippen LogP contribution in [0.5, 0.6) is 11.5 Å². The third kappa shape index (κ3) is 3.84. The number of ether oxygens (including phenoxy) is 3. The topological polar surface area (TPSA) is 89.1 Å². The molecular formula is C19H23N5O4S. The molecule has 29 heavy (non-hydrogen) atoms. The molecule has 2 aromatic rings. The highest BCUT2D eigenvalue weighted by Crippen LogP contribution is 2.34. The second-order valence-corrected chi connectivity index (χ2v) is 7.24. The van der Waals surface area contributed by atoms with Crippen LogP contribution < -0.4 is 19.7 Å². The second kappa shape index (κ2) is 8.24. The first-order valence-corrected chi connectivity index (χ1v) is 9.85. The number of fused-ring (bicyclic) bond motifs is 1. The van der Waals surface area contributed by atoms with Gasteiger partial charge in [-0.3, -0.25) is 0 Å². The maximum absolute atomic E-state index is 11.6. The van der Waals surface area contributed by atoms with E-state index in [1.54, 1.807) is 20.5 Å². The van der Waals surface area contributed by atoms with Crippen LogP contribution in [0, 0.1) is 0 Å². The average Bonchev–Trinajstić information content (AvgIpc) is 3.16. The highest BCUT2D eigenvalue weighted by atomic mass is 32.1. The van der Waals surface area contributed by atoms with Gasteiger partial charge in [-0.1, -0.05) is 0 Å². The van der Waals surface area contributed by atoms with Gasteiger partial charge in [-0.2, -0.15) is 0 Å². The number of carbonyl (C=O) groups is 1. The van der Waals surface area contributed by atoms with Gasteiger partial charge >= 0.3 is 5.97 Å². The van der Waals surface area contributed by atoms with Crippen molar-refractivity contribution >= 4 is 40.0 Å². The molecule has 1 aromatic carbocycles. The maximum atomic E-state index is 11.6. The number of hydrogen-bond donors (Lipinski definition) is 1. The van der Waals surface area contributed by atoms with Crippen LogP contribution in [0.25, 0.3) is 10.9 Å². The molecule has 1 unspecified atom stereocenters. The van der Waals surface area contributed by atoms with Crippen LogP contribution >= 0.6 is 12.2 Å². The van der Waals surface area contributed by atoms with Crippen LogP contribution in [0.15, 0.2) is 18.5 Å².